The van der Waals surface area contributed by atoms with Crippen molar-refractivity contribution in [3.05, 3.63) is 35.4 Å². The Hall–Kier alpha value is -1.98. The molecule has 2 fully saturated rings. The topological polar surface area (TPSA) is 52.6 Å². The van der Waals surface area contributed by atoms with E-state index in [1.165, 1.54) is 11.1 Å². The van der Waals surface area contributed by atoms with Crippen molar-refractivity contribution in [1.29, 1.82) is 0 Å². The van der Waals surface area contributed by atoms with Gasteiger partial charge in [0.25, 0.3) is 0 Å². The highest BCUT2D eigenvalue weighted by Gasteiger charge is 2.27. The molecule has 1 aromatic rings. The molecule has 0 bridgehead atoms. The van der Waals surface area contributed by atoms with Crippen LogP contribution in [-0.4, -0.2) is 36.5 Å². The van der Waals surface area contributed by atoms with Gasteiger partial charge < -0.3 is 9.47 Å². The number of halogens is 2. The van der Waals surface area contributed by atoms with Gasteiger partial charge in [-0.1, -0.05) is 38.1 Å². The Balaban J connectivity index is 1.29. The zero-order valence-corrected chi connectivity index (χ0v) is 22.1. The highest BCUT2D eigenvalue weighted by atomic mass is 19.1. The summed E-state index contributed by atoms with van der Waals surface area (Å²) in [5, 5.41) is 0. The zero-order valence-electron chi connectivity index (χ0n) is 22.1. The SMILES string of the molecule is CC[C@H](F)C(=O)OC1CCC(CCc2ccc(CCC3CCC(OC(=O)[C@@H](F)CC)CC3)cc2)CC1. The smallest absolute Gasteiger partial charge is 0.340 e. The number of carbonyl (C=O) groups is 2. The van der Waals surface area contributed by atoms with Crippen LogP contribution in [0.15, 0.2) is 24.3 Å². The van der Waals surface area contributed by atoms with E-state index in [0.717, 1.165) is 77.0 Å². The van der Waals surface area contributed by atoms with E-state index in [-0.39, 0.29) is 25.0 Å². The quantitative estimate of drug-likeness (QED) is 0.280. The first-order valence-corrected chi connectivity index (χ1v) is 14.1. The summed E-state index contributed by atoms with van der Waals surface area (Å²) in [6.07, 6.45) is 9.00. The Morgan fingerprint density at radius 1 is 0.694 bits per heavy atom. The van der Waals surface area contributed by atoms with Gasteiger partial charge in [-0.3, -0.25) is 0 Å². The van der Waals surface area contributed by atoms with Crippen LogP contribution in [0.1, 0.15) is 102 Å². The van der Waals surface area contributed by atoms with Gasteiger partial charge in [0, 0.05) is 0 Å². The summed E-state index contributed by atoms with van der Waals surface area (Å²) < 4.78 is 37.5. The van der Waals surface area contributed by atoms with Gasteiger partial charge in [0.1, 0.15) is 12.2 Å². The fourth-order valence-electron chi connectivity index (χ4n) is 5.50. The van der Waals surface area contributed by atoms with Crippen molar-refractivity contribution in [2.75, 3.05) is 0 Å². The molecule has 0 heterocycles. The minimum atomic E-state index is -1.49. The van der Waals surface area contributed by atoms with Gasteiger partial charge in [-0.2, -0.15) is 0 Å². The van der Waals surface area contributed by atoms with Gasteiger partial charge in [-0.05, 0) is 113 Å². The second kappa shape index (κ2) is 14.7. The summed E-state index contributed by atoms with van der Waals surface area (Å²) in [4.78, 5) is 23.3. The van der Waals surface area contributed by atoms with Gasteiger partial charge in [-0.25, -0.2) is 18.4 Å². The number of hydrogen-bond donors (Lipinski definition) is 0. The van der Waals surface area contributed by atoms with Crippen molar-refractivity contribution in [2.24, 2.45) is 11.8 Å². The van der Waals surface area contributed by atoms with Gasteiger partial charge in [0.05, 0.1) is 0 Å². The Bertz CT molecular complexity index is 729. The van der Waals surface area contributed by atoms with Crippen molar-refractivity contribution in [3.8, 4) is 0 Å². The van der Waals surface area contributed by atoms with Gasteiger partial charge in [-0.15, -0.1) is 0 Å². The summed E-state index contributed by atoms with van der Waals surface area (Å²) in [5.74, 6) is -0.117. The number of ether oxygens (including phenoxy) is 2. The van der Waals surface area contributed by atoms with Crippen molar-refractivity contribution in [1.82, 2.24) is 0 Å². The third-order valence-electron chi connectivity index (χ3n) is 8.09. The highest BCUT2D eigenvalue weighted by molar-refractivity contribution is 5.74. The Morgan fingerprint density at radius 2 is 1.03 bits per heavy atom. The van der Waals surface area contributed by atoms with E-state index in [2.05, 4.69) is 24.3 Å². The van der Waals surface area contributed by atoms with Crippen LogP contribution in [0.4, 0.5) is 8.78 Å². The molecule has 2 saturated carbocycles. The summed E-state index contributed by atoms with van der Waals surface area (Å²) in [6, 6.07) is 8.97. The molecule has 0 N–H and O–H groups in total. The summed E-state index contributed by atoms with van der Waals surface area (Å²) in [6.45, 7) is 3.31. The molecule has 1 aromatic carbocycles. The van der Waals surface area contributed by atoms with Crippen molar-refractivity contribution in [3.63, 3.8) is 0 Å². The average molecular weight is 507 g/mol. The lowest BCUT2D eigenvalue weighted by Crippen LogP contribution is -2.28. The third-order valence-corrected chi connectivity index (χ3v) is 8.09. The van der Waals surface area contributed by atoms with Crippen LogP contribution in [-0.2, 0) is 31.9 Å². The standard InChI is InChI=1S/C30H44F2O4/c1-3-27(31)29(33)35-25-17-13-23(14-18-25)11-9-21-5-7-22(8-6-21)10-12-24-15-19-26(20-16-24)36-30(34)28(32)4-2/h5-8,23-28H,3-4,9-20H2,1-2H3/t23?,24?,25?,26?,27-,28-/m0/s1. The molecule has 3 rings (SSSR count). The molecular weight excluding hydrogens is 462 g/mol. The number of hydrogen-bond acceptors (Lipinski definition) is 4. The molecule has 36 heavy (non-hydrogen) atoms. The van der Waals surface area contributed by atoms with Gasteiger partial charge >= 0.3 is 11.9 Å². The molecule has 0 unspecified atom stereocenters. The molecule has 4 nitrogen and oxygen atoms in total. The molecule has 2 aliphatic rings. The fraction of sp³-hybridized carbons (Fsp3) is 0.733. The number of rotatable bonds is 12. The first kappa shape index (κ1) is 28.6. The Labute approximate surface area is 215 Å². The first-order valence-electron chi connectivity index (χ1n) is 14.1. The minimum absolute atomic E-state index is 0.119. The van der Waals surface area contributed by atoms with E-state index in [1.54, 1.807) is 13.8 Å². The van der Waals surface area contributed by atoms with E-state index in [4.69, 9.17) is 9.47 Å². The number of benzene rings is 1. The molecule has 6 heteroatoms. The monoisotopic (exact) mass is 506 g/mol. The third kappa shape index (κ3) is 9.15. The minimum Gasteiger partial charge on any atom is -0.460 e. The molecule has 0 spiro atoms. The molecule has 0 amide bonds. The maximum absolute atomic E-state index is 13.4. The van der Waals surface area contributed by atoms with Crippen LogP contribution in [0.5, 0.6) is 0 Å². The number of aryl methyl sites for hydroxylation is 2. The average Bonchev–Trinajstić information content (AvgIpc) is 2.91. The summed E-state index contributed by atoms with van der Waals surface area (Å²) in [7, 11) is 0. The molecule has 0 aliphatic heterocycles. The molecule has 0 saturated heterocycles. The molecule has 202 valence electrons. The number of carbonyl (C=O) groups excluding carboxylic acids is 2. The second-order valence-corrected chi connectivity index (χ2v) is 10.8. The molecule has 0 aromatic heterocycles. The molecule has 2 atom stereocenters. The van der Waals surface area contributed by atoms with Crippen LogP contribution in [0.3, 0.4) is 0 Å². The van der Waals surface area contributed by atoms with Gasteiger partial charge in [0.15, 0.2) is 12.3 Å². The normalized spacial score (nSPS) is 26.1. The van der Waals surface area contributed by atoms with E-state index in [0.29, 0.717) is 11.8 Å². The predicted molar refractivity (Wildman–Crippen MR) is 137 cm³/mol. The van der Waals surface area contributed by atoms with Crippen LogP contribution in [0.2, 0.25) is 0 Å². The Morgan fingerprint density at radius 3 is 1.33 bits per heavy atom. The molecule has 2 aliphatic carbocycles. The summed E-state index contributed by atoms with van der Waals surface area (Å²) in [5.41, 5.74) is 2.71. The maximum Gasteiger partial charge on any atom is 0.340 e. The van der Waals surface area contributed by atoms with E-state index < -0.39 is 24.3 Å². The largest absolute Gasteiger partial charge is 0.460 e. The van der Waals surface area contributed by atoms with Crippen molar-refractivity contribution < 1.29 is 27.8 Å². The summed E-state index contributed by atoms with van der Waals surface area (Å²) >= 11 is 0. The van der Waals surface area contributed by atoms with Crippen molar-refractivity contribution >= 4 is 11.9 Å². The lowest BCUT2D eigenvalue weighted by atomic mass is 9.83. The molecular formula is C30H44F2O4. The van der Waals surface area contributed by atoms with E-state index in [9.17, 15) is 18.4 Å². The lowest BCUT2D eigenvalue weighted by molar-refractivity contribution is -0.158. The zero-order chi connectivity index (χ0) is 25.9. The maximum atomic E-state index is 13.4. The van der Waals surface area contributed by atoms with Crippen LogP contribution >= 0.6 is 0 Å². The van der Waals surface area contributed by atoms with Crippen LogP contribution in [0, 0.1) is 11.8 Å². The Kier molecular flexibility index (Phi) is 11.7. The predicted octanol–water partition coefficient (Wildman–Crippen LogP) is 7.25. The number of esters is 2. The van der Waals surface area contributed by atoms with E-state index >= 15 is 0 Å². The highest BCUT2D eigenvalue weighted by Crippen LogP contribution is 2.31. The van der Waals surface area contributed by atoms with Gasteiger partial charge in [0.2, 0.25) is 0 Å². The second-order valence-electron chi connectivity index (χ2n) is 10.8. The van der Waals surface area contributed by atoms with Crippen LogP contribution in [0.25, 0.3) is 0 Å². The van der Waals surface area contributed by atoms with Crippen molar-refractivity contribution in [2.45, 2.75) is 128 Å². The molecule has 0 radical (unpaired) electrons. The fourth-order valence-corrected chi connectivity index (χ4v) is 5.50. The van der Waals surface area contributed by atoms with Crippen LogP contribution < -0.4 is 0 Å². The first-order chi connectivity index (χ1) is 17.4. The van der Waals surface area contributed by atoms with E-state index in [1.807, 2.05) is 0 Å². The number of alkyl halides is 2. The lowest BCUT2D eigenvalue weighted by Gasteiger charge is -2.29.